The summed E-state index contributed by atoms with van der Waals surface area (Å²) in [6.45, 7) is 12.5. The second-order valence-corrected chi connectivity index (χ2v) is 14.0. The van der Waals surface area contributed by atoms with Crippen molar-refractivity contribution in [1.29, 1.82) is 0 Å². The van der Waals surface area contributed by atoms with Crippen molar-refractivity contribution >= 4 is 35.2 Å². The number of benzene rings is 3. The maximum atomic E-state index is 14.5. The maximum absolute atomic E-state index is 14.5. The minimum Gasteiger partial charge on any atom is -0.496 e. The van der Waals surface area contributed by atoms with Crippen LogP contribution in [0.5, 0.6) is 5.75 Å². The highest BCUT2D eigenvalue weighted by atomic mass is 32.1. The summed E-state index contributed by atoms with van der Waals surface area (Å²) in [5.41, 5.74) is 2.78. The molecule has 0 fully saturated rings. The number of hydrazine groups is 1. The van der Waals surface area contributed by atoms with Gasteiger partial charge in [-0.1, -0.05) is 59.2 Å². The van der Waals surface area contributed by atoms with E-state index in [4.69, 9.17) is 14.2 Å². The Labute approximate surface area is 292 Å². The molecule has 4 aromatic rings. The van der Waals surface area contributed by atoms with Gasteiger partial charge in [0.25, 0.3) is 18.1 Å². The highest BCUT2D eigenvalue weighted by molar-refractivity contribution is 7.09. The number of rotatable bonds is 10. The Kier molecular flexibility index (Phi) is 12.0. The van der Waals surface area contributed by atoms with Crippen molar-refractivity contribution in [3.05, 3.63) is 122 Å². The fraction of sp³-hybridized carbons (Fsp3) is 0.333. The number of hydrogen-bond donors (Lipinski definition) is 0. The first-order chi connectivity index (χ1) is 23.2. The second-order valence-electron chi connectivity index (χ2n) is 13.0. The van der Waals surface area contributed by atoms with E-state index < -0.39 is 35.7 Å². The summed E-state index contributed by atoms with van der Waals surface area (Å²) in [5.74, 6) is -1.56. The summed E-state index contributed by atoms with van der Waals surface area (Å²) in [7, 11) is 1.48. The molecule has 49 heavy (non-hydrogen) atoms. The lowest BCUT2D eigenvalue weighted by atomic mass is 10.0. The molecule has 3 amide bonds. The summed E-state index contributed by atoms with van der Waals surface area (Å²) in [6.07, 6.45) is -1.37. The van der Waals surface area contributed by atoms with Crippen molar-refractivity contribution in [2.24, 2.45) is 0 Å². The van der Waals surface area contributed by atoms with Crippen LogP contribution in [0.25, 0.3) is 0 Å². The van der Waals surface area contributed by atoms with Crippen molar-refractivity contribution in [2.75, 3.05) is 7.11 Å². The Bertz CT molecular complexity index is 1770. The number of aryl methyl sites for hydroxylation is 4. The van der Waals surface area contributed by atoms with E-state index in [0.29, 0.717) is 34.7 Å². The van der Waals surface area contributed by atoms with E-state index in [2.05, 4.69) is 0 Å². The van der Waals surface area contributed by atoms with Gasteiger partial charge >= 0.3 is 12.1 Å². The van der Waals surface area contributed by atoms with Gasteiger partial charge in [-0.05, 0) is 97.0 Å². The van der Waals surface area contributed by atoms with Crippen molar-refractivity contribution in [3.63, 3.8) is 0 Å². The molecule has 1 unspecified atom stereocenters. The number of carbonyl (C=O) groups excluding carboxylic acids is 4. The zero-order chi connectivity index (χ0) is 35.9. The Morgan fingerprint density at radius 1 is 0.796 bits per heavy atom. The normalized spacial score (nSPS) is 11.8. The molecule has 9 nitrogen and oxygen atoms in total. The third-order valence-corrected chi connectivity index (χ3v) is 8.71. The van der Waals surface area contributed by atoms with E-state index in [1.807, 2.05) is 44.4 Å². The number of hydrogen-bond acceptors (Lipinski definition) is 8. The highest BCUT2D eigenvalue weighted by Crippen LogP contribution is 2.30. The smallest absolute Gasteiger partial charge is 0.439 e. The van der Waals surface area contributed by atoms with E-state index in [-0.39, 0.29) is 17.5 Å². The average molecular weight is 685 g/mol. The monoisotopic (exact) mass is 684 g/mol. The first kappa shape index (κ1) is 36.9. The molecule has 1 atom stereocenters. The maximum Gasteiger partial charge on any atom is 0.439 e. The molecule has 0 bridgehead atoms. The number of amides is 3. The molecule has 0 radical (unpaired) electrons. The first-order valence-electron chi connectivity index (χ1n) is 16.1. The topological polar surface area (TPSA) is 102 Å². The van der Waals surface area contributed by atoms with Gasteiger partial charge in [-0.2, -0.15) is 0 Å². The average Bonchev–Trinajstić information content (AvgIpc) is 3.55. The summed E-state index contributed by atoms with van der Waals surface area (Å²) >= 11 is 1.61. The van der Waals surface area contributed by atoms with E-state index in [1.54, 1.807) is 93.6 Å². The number of ether oxygens (including phenoxy) is 3. The van der Waals surface area contributed by atoms with Gasteiger partial charge in [0.05, 0.1) is 12.6 Å². The molecule has 0 N–H and O–H groups in total. The molecule has 0 spiro atoms. The lowest BCUT2D eigenvalue weighted by Gasteiger charge is -2.42. The molecule has 1 aromatic heterocycles. The quantitative estimate of drug-likeness (QED) is 0.0936. The summed E-state index contributed by atoms with van der Waals surface area (Å²) in [4.78, 5) is 57.6. The number of esters is 1. The molecule has 4 rings (SSSR count). The van der Waals surface area contributed by atoms with E-state index in [0.717, 1.165) is 26.6 Å². The number of nitrogens with zero attached hydrogens (tertiary/aromatic N) is 2. The predicted octanol–water partition coefficient (Wildman–Crippen LogP) is 8.69. The Balaban J connectivity index is 1.76. The molecule has 3 aromatic carbocycles. The minimum absolute atomic E-state index is 0.0861. The van der Waals surface area contributed by atoms with Crippen LogP contribution in [0.15, 0.2) is 78.2 Å². The van der Waals surface area contributed by atoms with Crippen LogP contribution in [0.1, 0.15) is 93.3 Å². The lowest BCUT2D eigenvalue weighted by Crippen LogP contribution is -2.60. The van der Waals surface area contributed by atoms with Gasteiger partial charge in [-0.25, -0.2) is 9.80 Å². The van der Waals surface area contributed by atoms with Crippen LogP contribution < -0.4 is 4.74 Å². The summed E-state index contributed by atoms with van der Waals surface area (Å²) < 4.78 is 17.1. The van der Waals surface area contributed by atoms with Crippen molar-refractivity contribution in [2.45, 2.75) is 79.6 Å². The standard InChI is InChI=1S/C39H44N2O7S/c1-25-17-19-29(20-18-25)37(47-34(42)16-9-12-31-13-11-21-49-31)48-38(45)40(36(44)32-14-10-15-33(46-8)28(32)4)41(39(5,6)7)35(43)30-23-26(2)22-27(3)24-30/h10-11,13-15,17-24,37H,9,12,16H2,1-8H3. The largest absolute Gasteiger partial charge is 0.496 e. The van der Waals surface area contributed by atoms with Crippen LogP contribution in [0.4, 0.5) is 4.79 Å². The lowest BCUT2D eigenvalue weighted by molar-refractivity contribution is -0.172. The predicted molar refractivity (Wildman–Crippen MR) is 189 cm³/mol. The Morgan fingerprint density at radius 3 is 2.06 bits per heavy atom. The van der Waals surface area contributed by atoms with Crippen LogP contribution in [0.2, 0.25) is 0 Å². The molecular formula is C39H44N2O7S. The molecule has 0 aliphatic carbocycles. The summed E-state index contributed by atoms with van der Waals surface area (Å²) in [5, 5.41) is 3.78. The van der Waals surface area contributed by atoms with Gasteiger partial charge in [0.2, 0.25) is 0 Å². The van der Waals surface area contributed by atoms with Crippen LogP contribution in [-0.4, -0.2) is 46.5 Å². The van der Waals surface area contributed by atoms with Crippen molar-refractivity contribution < 1.29 is 33.4 Å². The number of thiophene rings is 1. The number of carbonyl (C=O) groups is 4. The van der Waals surface area contributed by atoms with Gasteiger partial charge < -0.3 is 14.2 Å². The third kappa shape index (κ3) is 9.35. The van der Waals surface area contributed by atoms with Crippen molar-refractivity contribution in [3.8, 4) is 5.75 Å². The molecule has 1 heterocycles. The van der Waals surface area contributed by atoms with Crippen LogP contribution in [0, 0.1) is 27.7 Å². The second kappa shape index (κ2) is 16.0. The van der Waals surface area contributed by atoms with Gasteiger partial charge in [0, 0.05) is 33.6 Å². The third-order valence-electron chi connectivity index (χ3n) is 7.78. The van der Waals surface area contributed by atoms with Gasteiger partial charge in [0.1, 0.15) is 5.75 Å². The summed E-state index contributed by atoms with van der Waals surface area (Å²) in [6, 6.07) is 21.1. The van der Waals surface area contributed by atoms with Crippen LogP contribution in [0.3, 0.4) is 0 Å². The molecular weight excluding hydrogens is 641 g/mol. The minimum atomic E-state index is -1.50. The first-order valence-corrected chi connectivity index (χ1v) is 17.0. The number of imide groups is 1. The number of methoxy groups -OCH3 is 1. The van der Waals surface area contributed by atoms with Crippen LogP contribution in [-0.2, 0) is 20.7 Å². The van der Waals surface area contributed by atoms with Gasteiger partial charge in [0.15, 0.2) is 0 Å². The molecule has 10 heteroatoms. The Morgan fingerprint density at radius 2 is 1.47 bits per heavy atom. The zero-order valence-electron chi connectivity index (χ0n) is 29.4. The van der Waals surface area contributed by atoms with Gasteiger partial charge in [-0.3, -0.25) is 14.4 Å². The highest BCUT2D eigenvalue weighted by Gasteiger charge is 2.43. The molecule has 0 aliphatic rings. The molecule has 258 valence electrons. The molecule has 0 saturated carbocycles. The Hall–Kier alpha value is -4.96. The van der Waals surface area contributed by atoms with Gasteiger partial charge in [-0.15, -0.1) is 16.3 Å². The molecule has 0 saturated heterocycles. The van der Waals surface area contributed by atoms with Crippen LogP contribution >= 0.6 is 11.3 Å². The van der Waals surface area contributed by atoms with E-state index in [9.17, 15) is 19.2 Å². The fourth-order valence-electron chi connectivity index (χ4n) is 5.42. The SMILES string of the molecule is COc1cccc(C(=O)N(C(=O)OC(OC(=O)CCCc2cccs2)c2ccc(C)cc2)N(C(=O)c2cc(C)cc(C)c2)C(C)(C)C)c1C. The van der Waals surface area contributed by atoms with E-state index >= 15 is 0 Å². The fourth-order valence-corrected chi connectivity index (χ4v) is 6.17. The van der Waals surface area contributed by atoms with Crippen molar-refractivity contribution in [1.82, 2.24) is 10.0 Å². The van der Waals surface area contributed by atoms with E-state index in [1.165, 1.54) is 7.11 Å². The molecule has 0 aliphatic heterocycles. The zero-order valence-corrected chi connectivity index (χ0v) is 30.2.